The van der Waals surface area contributed by atoms with E-state index in [1.165, 1.54) is 0 Å². The van der Waals surface area contributed by atoms with E-state index in [4.69, 9.17) is 0 Å². The molecule has 0 aromatic carbocycles. The summed E-state index contributed by atoms with van der Waals surface area (Å²) < 4.78 is 0. The number of likely N-dealkylation sites (N-methyl/N-ethyl adjacent to an activating group) is 1. The Balaban J connectivity index is 2.65. The molecule has 0 saturated heterocycles. The average molecular weight is 477 g/mol. The number of nitrogens with one attached hydrogen (secondary N) is 1. The third-order valence-corrected chi connectivity index (χ3v) is 6.14. The van der Waals surface area contributed by atoms with E-state index in [0.29, 0.717) is 0 Å². The second kappa shape index (κ2) is 13.2. The molecule has 0 aromatic heterocycles. The molecule has 2 heterocycles. The van der Waals surface area contributed by atoms with Gasteiger partial charge in [-0.2, -0.15) is 0 Å². The largest absolute Gasteiger partial charge is 0.356 e. The van der Waals surface area contributed by atoms with Crippen molar-refractivity contribution in [2.75, 3.05) is 7.05 Å². The van der Waals surface area contributed by atoms with Crippen LogP contribution in [0.2, 0.25) is 0 Å². The summed E-state index contributed by atoms with van der Waals surface area (Å²) in [6.07, 6.45) is 26.7. The number of allylic oxidation sites excluding steroid dienone is 18. The van der Waals surface area contributed by atoms with Crippen molar-refractivity contribution in [3.8, 4) is 0 Å². The van der Waals surface area contributed by atoms with Crippen LogP contribution in [-0.4, -0.2) is 11.9 Å². The van der Waals surface area contributed by atoms with Crippen LogP contribution in [0.4, 0.5) is 0 Å². The minimum absolute atomic E-state index is 0.155. The molecular weight excluding hydrogens is 436 g/mol. The molecule has 0 aromatic rings. The third kappa shape index (κ3) is 8.63. The van der Waals surface area contributed by atoms with E-state index >= 15 is 0 Å². The first-order chi connectivity index (χ1) is 17.0. The lowest BCUT2D eigenvalue weighted by Gasteiger charge is -2.20. The molecule has 2 heteroatoms. The van der Waals surface area contributed by atoms with Gasteiger partial charge in [-0.15, -0.1) is 0 Å². The normalized spacial score (nSPS) is 29.3. The van der Waals surface area contributed by atoms with Gasteiger partial charge in [-0.05, 0) is 70.9 Å². The minimum Gasteiger partial charge on any atom is -0.356 e. The van der Waals surface area contributed by atoms with Crippen molar-refractivity contribution < 1.29 is 0 Å². The standard InChI is InChI=1S/C34H40N2/c1-24-15-16-26(3)28(5)23-34(20-18-31(8)36(10)32(9)21-24)33-19-17-30(7)35-29(6)14-12-11-13-25(2)27(4)22-33/h11-23,25-26,35H,4-9H2,1-3,10H3/b13-11-,14-12-,16-15-,19-17-,20-18?,24-21-,33-22+,34-23?. The Morgan fingerprint density at radius 1 is 0.639 bits per heavy atom. The molecule has 0 bridgehead atoms. The van der Waals surface area contributed by atoms with Gasteiger partial charge in [-0.3, -0.25) is 0 Å². The Hall–Kier alpha value is -4.04. The maximum absolute atomic E-state index is 4.37. The second-order valence-electron chi connectivity index (χ2n) is 9.30. The van der Waals surface area contributed by atoms with Crippen LogP contribution in [0.25, 0.3) is 0 Å². The number of rotatable bonds is 1. The molecular formula is C34H40N2. The van der Waals surface area contributed by atoms with Crippen molar-refractivity contribution in [1.29, 1.82) is 0 Å². The first-order valence-electron chi connectivity index (χ1n) is 12.1. The van der Waals surface area contributed by atoms with E-state index in [0.717, 1.165) is 50.7 Å². The topological polar surface area (TPSA) is 15.3 Å². The van der Waals surface area contributed by atoms with Gasteiger partial charge in [0.15, 0.2) is 0 Å². The number of nitrogens with zero attached hydrogens (tertiary/aromatic N) is 1. The molecule has 0 saturated carbocycles. The summed E-state index contributed by atoms with van der Waals surface area (Å²) in [7, 11) is 1.97. The van der Waals surface area contributed by atoms with Gasteiger partial charge < -0.3 is 10.2 Å². The van der Waals surface area contributed by atoms with Gasteiger partial charge in [0.05, 0.1) is 0 Å². The predicted molar refractivity (Wildman–Crippen MR) is 160 cm³/mol. The first kappa shape index (κ1) is 28.2. The lowest BCUT2D eigenvalue weighted by Crippen LogP contribution is -2.13. The van der Waals surface area contributed by atoms with Crippen molar-refractivity contribution in [3.05, 3.63) is 169 Å². The van der Waals surface area contributed by atoms with E-state index in [-0.39, 0.29) is 11.8 Å². The van der Waals surface area contributed by atoms with Crippen molar-refractivity contribution in [2.45, 2.75) is 20.8 Å². The molecule has 0 radical (unpaired) electrons. The molecule has 2 rings (SSSR count). The van der Waals surface area contributed by atoms with Gasteiger partial charge >= 0.3 is 0 Å². The van der Waals surface area contributed by atoms with Crippen molar-refractivity contribution in [2.24, 2.45) is 11.8 Å². The molecule has 2 nitrogen and oxygen atoms in total. The highest BCUT2D eigenvalue weighted by Crippen LogP contribution is 2.26. The minimum atomic E-state index is 0.155. The molecule has 1 N–H and O–H groups in total. The molecule has 2 aliphatic rings. The van der Waals surface area contributed by atoms with Crippen LogP contribution < -0.4 is 5.32 Å². The molecule has 2 aliphatic heterocycles. The molecule has 2 unspecified atom stereocenters. The summed E-state index contributed by atoms with van der Waals surface area (Å²) in [6.45, 7) is 31.7. The van der Waals surface area contributed by atoms with Gasteiger partial charge in [0.25, 0.3) is 0 Å². The van der Waals surface area contributed by atoms with E-state index in [1.807, 2.05) is 48.4 Å². The fourth-order valence-electron chi connectivity index (χ4n) is 3.43. The Morgan fingerprint density at radius 2 is 1.19 bits per heavy atom. The van der Waals surface area contributed by atoms with Crippen LogP contribution >= 0.6 is 0 Å². The fourth-order valence-corrected chi connectivity index (χ4v) is 3.43. The lowest BCUT2D eigenvalue weighted by atomic mass is 9.92. The van der Waals surface area contributed by atoms with Gasteiger partial charge in [0.1, 0.15) is 0 Å². The van der Waals surface area contributed by atoms with Crippen LogP contribution in [0.1, 0.15) is 20.8 Å². The summed E-state index contributed by atoms with van der Waals surface area (Å²) in [6, 6.07) is 0. The smallest absolute Gasteiger partial charge is 0.0337 e. The third-order valence-electron chi connectivity index (χ3n) is 6.14. The van der Waals surface area contributed by atoms with Gasteiger partial charge in [0, 0.05) is 29.8 Å². The molecule has 186 valence electrons. The fraction of sp³-hybridized carbons (Fsp3) is 0.176. The predicted octanol–water partition coefficient (Wildman–Crippen LogP) is 8.55. The molecule has 0 spiro atoms. The van der Waals surface area contributed by atoms with Gasteiger partial charge in [0.2, 0.25) is 0 Å². The van der Waals surface area contributed by atoms with Crippen LogP contribution in [0.3, 0.4) is 0 Å². The van der Waals surface area contributed by atoms with Crippen LogP contribution in [0.5, 0.6) is 0 Å². The molecule has 36 heavy (non-hydrogen) atoms. The van der Waals surface area contributed by atoms with E-state index in [9.17, 15) is 0 Å². The lowest BCUT2D eigenvalue weighted by molar-refractivity contribution is 0.558. The molecule has 0 aliphatic carbocycles. The SMILES string of the molecule is C=C1/C=C\C=C/C(C)C(=C)/C=C(C2=CC(=C)C(C)/C=C\C(C)=C/C(=C)N(C)C(=C)C=C2)\C=C/C(=C)N1. The zero-order valence-corrected chi connectivity index (χ0v) is 22.4. The highest BCUT2D eigenvalue weighted by Gasteiger charge is 2.10. The van der Waals surface area contributed by atoms with Gasteiger partial charge in [-0.1, -0.05) is 108 Å². The summed E-state index contributed by atoms with van der Waals surface area (Å²) >= 11 is 0. The molecule has 0 amide bonds. The van der Waals surface area contributed by atoms with Crippen molar-refractivity contribution in [1.82, 2.24) is 10.2 Å². The Labute approximate surface area is 218 Å². The number of hydrogen-bond donors (Lipinski definition) is 1. The highest BCUT2D eigenvalue weighted by atomic mass is 15.1. The zero-order chi connectivity index (χ0) is 26.8. The van der Waals surface area contributed by atoms with Gasteiger partial charge in [-0.25, -0.2) is 0 Å². The quantitative estimate of drug-likeness (QED) is 0.408. The van der Waals surface area contributed by atoms with E-state index < -0.39 is 0 Å². The van der Waals surface area contributed by atoms with Crippen molar-refractivity contribution in [3.63, 3.8) is 0 Å². The van der Waals surface area contributed by atoms with Crippen LogP contribution in [0.15, 0.2) is 169 Å². The van der Waals surface area contributed by atoms with E-state index in [1.54, 1.807) is 0 Å². The Bertz CT molecular complexity index is 1200. The zero-order valence-electron chi connectivity index (χ0n) is 22.4. The number of hydrogen-bond acceptors (Lipinski definition) is 2. The summed E-state index contributed by atoms with van der Waals surface area (Å²) in [5.41, 5.74) is 8.31. The second-order valence-corrected chi connectivity index (χ2v) is 9.30. The monoisotopic (exact) mass is 476 g/mol. The Morgan fingerprint density at radius 3 is 1.83 bits per heavy atom. The van der Waals surface area contributed by atoms with Crippen molar-refractivity contribution >= 4 is 0 Å². The van der Waals surface area contributed by atoms with E-state index in [2.05, 4.69) is 108 Å². The first-order valence-corrected chi connectivity index (χ1v) is 12.1. The van der Waals surface area contributed by atoms with Crippen LogP contribution in [0, 0.1) is 11.8 Å². The summed E-state index contributed by atoms with van der Waals surface area (Å²) in [4.78, 5) is 1.98. The molecule has 2 atom stereocenters. The highest BCUT2D eigenvalue weighted by molar-refractivity contribution is 5.54. The average Bonchev–Trinajstić information content (AvgIpc) is 2.84. The summed E-state index contributed by atoms with van der Waals surface area (Å²) in [5, 5.41) is 3.22. The maximum Gasteiger partial charge on any atom is 0.0337 e. The van der Waals surface area contributed by atoms with Crippen LogP contribution in [-0.2, 0) is 0 Å². The molecule has 0 fully saturated rings. The Kier molecular flexibility index (Phi) is 10.3. The summed E-state index contributed by atoms with van der Waals surface area (Å²) in [5.74, 6) is 0.313. The maximum atomic E-state index is 4.37.